The number of benzene rings is 4. The van der Waals surface area contributed by atoms with E-state index in [-0.39, 0.29) is 11.6 Å². The van der Waals surface area contributed by atoms with Gasteiger partial charge >= 0.3 is 0 Å². The van der Waals surface area contributed by atoms with Gasteiger partial charge in [-0.2, -0.15) is 5.01 Å². The molecule has 206 valence electrons. The van der Waals surface area contributed by atoms with Gasteiger partial charge in [0, 0.05) is 5.56 Å². The molecule has 1 aliphatic rings. The second-order valence-electron chi connectivity index (χ2n) is 9.98. The molecule has 7 nitrogen and oxygen atoms in total. The van der Waals surface area contributed by atoms with Gasteiger partial charge in [-0.3, -0.25) is 15.0 Å². The third kappa shape index (κ3) is 6.20. The van der Waals surface area contributed by atoms with Gasteiger partial charge in [-0.05, 0) is 74.4 Å². The van der Waals surface area contributed by atoms with E-state index in [0.29, 0.717) is 29.5 Å². The highest BCUT2D eigenvalue weighted by molar-refractivity contribution is 6.20. The summed E-state index contributed by atoms with van der Waals surface area (Å²) in [7, 11) is 0. The number of amidine groups is 1. The van der Waals surface area contributed by atoms with Gasteiger partial charge in [0.15, 0.2) is 5.84 Å². The third-order valence-corrected chi connectivity index (χ3v) is 6.70. The summed E-state index contributed by atoms with van der Waals surface area (Å²) in [6, 6.07) is 33.6. The van der Waals surface area contributed by atoms with Crippen LogP contribution in [0.15, 0.2) is 120 Å². The predicted molar refractivity (Wildman–Crippen MR) is 160 cm³/mol. The summed E-state index contributed by atoms with van der Waals surface area (Å²) in [5.41, 5.74) is 4.31. The first-order chi connectivity index (χ1) is 19.8. The zero-order valence-corrected chi connectivity index (χ0v) is 23.2. The Kier molecular flexibility index (Phi) is 7.97. The van der Waals surface area contributed by atoms with Crippen LogP contribution in [0.5, 0.6) is 17.2 Å². The van der Waals surface area contributed by atoms with Gasteiger partial charge in [0.05, 0.1) is 12.0 Å². The normalized spacial score (nSPS) is 14.1. The number of amides is 2. The number of nitrogens with zero attached hydrogens (tertiary/aromatic N) is 2. The maximum absolute atomic E-state index is 13.7. The van der Waals surface area contributed by atoms with Crippen LogP contribution in [0.4, 0.5) is 0 Å². The molecule has 0 aliphatic carbocycles. The molecule has 7 heteroatoms. The first-order valence-corrected chi connectivity index (χ1v) is 13.4. The van der Waals surface area contributed by atoms with Crippen molar-refractivity contribution in [2.24, 2.45) is 4.99 Å². The zero-order chi connectivity index (χ0) is 28.8. The quantitative estimate of drug-likeness (QED) is 0.243. The number of rotatable bonds is 9. The van der Waals surface area contributed by atoms with Crippen LogP contribution in [-0.4, -0.2) is 29.3 Å². The maximum atomic E-state index is 13.7. The summed E-state index contributed by atoms with van der Waals surface area (Å²) in [4.78, 5) is 31.9. The second-order valence-corrected chi connectivity index (χ2v) is 9.98. The van der Waals surface area contributed by atoms with Crippen molar-refractivity contribution in [2.45, 2.75) is 26.2 Å². The Labute approximate surface area is 239 Å². The molecule has 4 aromatic carbocycles. The van der Waals surface area contributed by atoms with Crippen molar-refractivity contribution in [3.63, 3.8) is 0 Å². The molecule has 0 spiro atoms. The van der Waals surface area contributed by atoms with Crippen LogP contribution in [0, 0.1) is 0 Å². The molecule has 5 rings (SSSR count). The fraction of sp³-hybridized carbons (Fsp3) is 0.147. The molecule has 0 saturated carbocycles. The minimum absolute atomic E-state index is 0.194. The van der Waals surface area contributed by atoms with E-state index in [1.165, 1.54) is 5.01 Å². The van der Waals surface area contributed by atoms with E-state index in [4.69, 9.17) is 9.47 Å². The lowest BCUT2D eigenvalue weighted by Gasteiger charge is -2.28. The average molecular weight is 546 g/mol. The maximum Gasteiger partial charge on any atom is 0.297 e. The number of aliphatic imine (C=N–C) groups is 1. The van der Waals surface area contributed by atoms with Crippen LogP contribution < -0.4 is 14.9 Å². The highest BCUT2D eigenvalue weighted by Crippen LogP contribution is 2.28. The number of hydrazine groups is 1. The number of carbonyl (C=O) groups is 2. The van der Waals surface area contributed by atoms with E-state index in [1.54, 1.807) is 6.08 Å². The second kappa shape index (κ2) is 11.9. The van der Waals surface area contributed by atoms with E-state index >= 15 is 0 Å². The van der Waals surface area contributed by atoms with Gasteiger partial charge in [0.1, 0.15) is 22.9 Å². The molecule has 0 radical (unpaired) electrons. The number of para-hydroxylation sites is 1. The summed E-state index contributed by atoms with van der Waals surface area (Å²) < 4.78 is 11.5. The van der Waals surface area contributed by atoms with E-state index < -0.39 is 11.3 Å². The summed E-state index contributed by atoms with van der Waals surface area (Å²) in [5, 5.41) is 1.23. The Morgan fingerprint density at radius 2 is 1.51 bits per heavy atom. The van der Waals surface area contributed by atoms with Crippen molar-refractivity contribution in [3.05, 3.63) is 132 Å². The van der Waals surface area contributed by atoms with Crippen LogP contribution in [-0.2, 0) is 15.0 Å². The Bertz CT molecular complexity index is 1590. The van der Waals surface area contributed by atoms with Crippen LogP contribution in [0.3, 0.4) is 0 Å². The number of carbonyl (C=O) groups excluding carboxylic acids is 2. The van der Waals surface area contributed by atoms with E-state index in [9.17, 15) is 9.59 Å². The molecule has 1 heterocycles. The molecule has 0 saturated heterocycles. The lowest BCUT2D eigenvalue weighted by atomic mass is 9.84. The van der Waals surface area contributed by atoms with Gasteiger partial charge in [0.25, 0.3) is 5.91 Å². The monoisotopic (exact) mass is 545 g/mol. The van der Waals surface area contributed by atoms with Gasteiger partial charge in [-0.15, -0.1) is 0 Å². The van der Waals surface area contributed by atoms with Gasteiger partial charge in [0.2, 0.25) is 5.91 Å². The van der Waals surface area contributed by atoms with Gasteiger partial charge in [-0.1, -0.05) is 72.8 Å². The topological polar surface area (TPSA) is 80.2 Å². The number of hydrogen-bond donors (Lipinski definition) is 1. The SMILES string of the molecule is CCOc1ccc(C(C)(C)C(=O)NN2C(=O)C(=Cc3cccc(Oc4ccccc4)c3)N=C2c2ccccc2)cc1. The van der Waals surface area contributed by atoms with Gasteiger partial charge in [-0.25, -0.2) is 4.99 Å². The van der Waals surface area contributed by atoms with Crippen LogP contribution in [0.2, 0.25) is 0 Å². The van der Waals surface area contributed by atoms with Crippen molar-refractivity contribution < 1.29 is 19.1 Å². The summed E-state index contributed by atoms with van der Waals surface area (Å²) in [6.07, 6.45) is 1.69. The Hall–Kier alpha value is -5.17. The van der Waals surface area contributed by atoms with Crippen molar-refractivity contribution >= 4 is 23.7 Å². The summed E-state index contributed by atoms with van der Waals surface area (Å²) in [6.45, 7) is 6.10. The van der Waals surface area contributed by atoms with Crippen molar-refractivity contribution in [1.82, 2.24) is 10.4 Å². The molecule has 1 aliphatic heterocycles. The molecule has 0 unspecified atom stereocenters. The molecule has 41 heavy (non-hydrogen) atoms. The Morgan fingerprint density at radius 1 is 0.854 bits per heavy atom. The standard InChI is InChI=1S/C34H31N3O4/c1-4-40-27-20-18-26(19-21-27)34(2,3)33(39)36-37-31(25-13-7-5-8-14-25)35-30(32(37)38)23-24-12-11-17-29(22-24)41-28-15-9-6-10-16-28/h5-23H,4H2,1-3H3,(H,36,39). The first-order valence-electron chi connectivity index (χ1n) is 13.4. The van der Waals surface area contributed by atoms with Crippen molar-refractivity contribution in [2.75, 3.05) is 6.61 Å². The number of hydrogen-bond acceptors (Lipinski definition) is 5. The summed E-state index contributed by atoms with van der Waals surface area (Å²) >= 11 is 0. The summed E-state index contributed by atoms with van der Waals surface area (Å²) in [5.74, 6) is 1.63. The molecular formula is C34H31N3O4. The first kappa shape index (κ1) is 27.4. The minimum Gasteiger partial charge on any atom is -0.494 e. The molecular weight excluding hydrogens is 514 g/mol. The highest BCUT2D eigenvalue weighted by atomic mass is 16.5. The van der Waals surface area contributed by atoms with E-state index in [1.807, 2.05) is 130 Å². The lowest BCUT2D eigenvalue weighted by Crippen LogP contribution is -2.52. The van der Waals surface area contributed by atoms with E-state index in [0.717, 1.165) is 16.9 Å². The Morgan fingerprint density at radius 3 is 2.20 bits per heavy atom. The van der Waals surface area contributed by atoms with Crippen LogP contribution >= 0.6 is 0 Å². The van der Waals surface area contributed by atoms with E-state index in [2.05, 4.69) is 10.4 Å². The zero-order valence-electron chi connectivity index (χ0n) is 23.2. The molecule has 0 atom stereocenters. The molecule has 0 bridgehead atoms. The number of nitrogens with one attached hydrogen (secondary N) is 1. The Balaban J connectivity index is 1.42. The average Bonchev–Trinajstić information content (AvgIpc) is 3.29. The predicted octanol–water partition coefficient (Wildman–Crippen LogP) is 6.52. The minimum atomic E-state index is -0.942. The lowest BCUT2D eigenvalue weighted by molar-refractivity contribution is -0.136. The molecule has 0 aromatic heterocycles. The molecule has 1 N–H and O–H groups in total. The largest absolute Gasteiger partial charge is 0.494 e. The number of ether oxygens (including phenoxy) is 2. The van der Waals surface area contributed by atoms with Crippen LogP contribution in [0.25, 0.3) is 6.08 Å². The van der Waals surface area contributed by atoms with Crippen molar-refractivity contribution in [3.8, 4) is 17.2 Å². The fourth-order valence-corrected chi connectivity index (χ4v) is 4.36. The molecule has 0 fully saturated rings. The molecule has 4 aromatic rings. The van der Waals surface area contributed by atoms with Gasteiger partial charge < -0.3 is 9.47 Å². The smallest absolute Gasteiger partial charge is 0.297 e. The third-order valence-electron chi connectivity index (χ3n) is 6.70. The fourth-order valence-electron chi connectivity index (χ4n) is 4.36. The van der Waals surface area contributed by atoms with Crippen molar-refractivity contribution in [1.29, 1.82) is 0 Å². The molecule has 2 amide bonds. The van der Waals surface area contributed by atoms with Crippen LogP contribution in [0.1, 0.15) is 37.5 Å². The highest BCUT2D eigenvalue weighted by Gasteiger charge is 2.37.